The molecule has 0 aliphatic carbocycles. The number of carbonyl (C=O) groups excluding carboxylic acids is 1. The number of hydrogen-bond donors (Lipinski definition) is 1. The Morgan fingerprint density at radius 2 is 2.12 bits per heavy atom. The van der Waals surface area contributed by atoms with E-state index in [2.05, 4.69) is 4.98 Å². The van der Waals surface area contributed by atoms with Gasteiger partial charge in [-0.1, -0.05) is 12.1 Å². The van der Waals surface area contributed by atoms with E-state index in [0.29, 0.717) is 24.1 Å². The van der Waals surface area contributed by atoms with Crippen LogP contribution in [0.2, 0.25) is 0 Å². The molecule has 8 heteroatoms. The van der Waals surface area contributed by atoms with E-state index in [1.165, 1.54) is 15.8 Å². The quantitative estimate of drug-likeness (QED) is 0.763. The van der Waals surface area contributed by atoms with Crippen molar-refractivity contribution in [1.29, 1.82) is 0 Å². The van der Waals surface area contributed by atoms with Crippen molar-refractivity contribution in [3.05, 3.63) is 40.9 Å². The van der Waals surface area contributed by atoms with Crippen molar-refractivity contribution < 1.29 is 19.1 Å². The van der Waals surface area contributed by atoms with Crippen LogP contribution in [0.25, 0.3) is 22.1 Å². The molecule has 2 aromatic heterocycles. The zero-order valence-electron chi connectivity index (χ0n) is 14.1. The summed E-state index contributed by atoms with van der Waals surface area (Å²) in [6.07, 6.45) is 1.72. The minimum absolute atomic E-state index is 0.110. The summed E-state index contributed by atoms with van der Waals surface area (Å²) < 4.78 is 6.79. The Morgan fingerprint density at radius 3 is 2.85 bits per heavy atom. The highest BCUT2D eigenvalue weighted by molar-refractivity contribution is 6.01. The van der Waals surface area contributed by atoms with E-state index in [1.54, 1.807) is 19.1 Å². The third kappa shape index (κ3) is 2.45. The van der Waals surface area contributed by atoms with Gasteiger partial charge < -0.3 is 14.4 Å². The molecule has 0 saturated carbocycles. The van der Waals surface area contributed by atoms with Crippen LogP contribution in [0, 0.1) is 5.41 Å². The van der Waals surface area contributed by atoms with Gasteiger partial charge in [-0.15, -0.1) is 0 Å². The van der Waals surface area contributed by atoms with Gasteiger partial charge in [-0.3, -0.25) is 19.0 Å². The molecule has 8 nitrogen and oxygen atoms in total. The lowest BCUT2D eigenvalue weighted by atomic mass is 9.90. The monoisotopic (exact) mass is 355 g/mol. The van der Waals surface area contributed by atoms with Crippen LogP contribution in [-0.4, -0.2) is 44.5 Å². The van der Waals surface area contributed by atoms with E-state index in [4.69, 9.17) is 4.42 Å². The van der Waals surface area contributed by atoms with E-state index in [-0.39, 0.29) is 24.6 Å². The molecule has 1 aliphatic rings. The molecule has 1 aliphatic heterocycles. The topological polar surface area (TPSA) is 106 Å². The molecule has 0 bridgehead atoms. The number of amides is 1. The number of carboxylic acid groups (broad SMARTS) is 1. The summed E-state index contributed by atoms with van der Waals surface area (Å²) in [4.78, 5) is 42.2. The van der Waals surface area contributed by atoms with Gasteiger partial charge in [-0.05, 0) is 25.5 Å². The molecule has 134 valence electrons. The number of carboxylic acids is 1. The maximum Gasteiger partial charge on any atom is 0.311 e. The van der Waals surface area contributed by atoms with Crippen molar-refractivity contribution >= 4 is 33.9 Å². The molecular formula is C18H17N3O5. The summed E-state index contributed by atoms with van der Waals surface area (Å²) in [5.41, 5.74) is -0.235. The summed E-state index contributed by atoms with van der Waals surface area (Å²) >= 11 is 0. The molecule has 1 amide bonds. The number of rotatable bonds is 3. The first kappa shape index (κ1) is 16.3. The smallest absolute Gasteiger partial charge is 0.311 e. The van der Waals surface area contributed by atoms with Gasteiger partial charge in [0.2, 0.25) is 11.5 Å². The Kier molecular flexibility index (Phi) is 3.57. The summed E-state index contributed by atoms with van der Waals surface area (Å²) in [5.74, 6) is -1.23. The number of likely N-dealkylation sites (tertiary alicyclic amines) is 1. The number of aliphatic carboxylic acids is 1. The highest BCUT2D eigenvalue weighted by Gasteiger charge is 2.42. The fraction of sp³-hybridized carbons (Fsp3) is 0.333. The van der Waals surface area contributed by atoms with E-state index >= 15 is 0 Å². The highest BCUT2D eigenvalue weighted by atomic mass is 16.4. The second-order valence-corrected chi connectivity index (χ2v) is 6.88. The van der Waals surface area contributed by atoms with Crippen molar-refractivity contribution in [2.75, 3.05) is 13.1 Å². The van der Waals surface area contributed by atoms with E-state index in [1.807, 2.05) is 12.1 Å². The second kappa shape index (κ2) is 5.69. The summed E-state index contributed by atoms with van der Waals surface area (Å²) in [6, 6.07) is 7.21. The summed E-state index contributed by atoms with van der Waals surface area (Å²) in [5, 5.41) is 10.0. The number of furan rings is 1. The van der Waals surface area contributed by atoms with Crippen LogP contribution in [0.4, 0.5) is 0 Å². The van der Waals surface area contributed by atoms with Gasteiger partial charge in [-0.25, -0.2) is 4.98 Å². The number of aromatic nitrogens is 2. The average Bonchev–Trinajstić information content (AvgIpc) is 3.20. The molecule has 26 heavy (non-hydrogen) atoms. The Hall–Kier alpha value is -3.16. The molecular weight excluding hydrogens is 338 g/mol. The third-order valence-corrected chi connectivity index (χ3v) is 5.00. The number of carbonyl (C=O) groups is 2. The van der Waals surface area contributed by atoms with E-state index in [0.717, 1.165) is 5.39 Å². The van der Waals surface area contributed by atoms with Crippen LogP contribution < -0.4 is 5.56 Å². The van der Waals surface area contributed by atoms with Gasteiger partial charge >= 0.3 is 5.97 Å². The van der Waals surface area contributed by atoms with Crippen LogP contribution in [0.15, 0.2) is 39.8 Å². The molecule has 1 saturated heterocycles. The molecule has 1 fully saturated rings. The van der Waals surface area contributed by atoms with Crippen molar-refractivity contribution in [1.82, 2.24) is 14.5 Å². The van der Waals surface area contributed by atoms with Crippen LogP contribution in [-0.2, 0) is 16.1 Å². The average molecular weight is 355 g/mol. The summed E-state index contributed by atoms with van der Waals surface area (Å²) in [6.45, 7) is 1.91. The minimum atomic E-state index is -0.943. The Labute approximate surface area is 147 Å². The molecule has 1 aromatic carbocycles. The standard InChI is InChI=1S/C18H17N3O5/c1-18(17(24)25)6-7-20(9-18)13(22)8-21-10-19-14-11-4-2-3-5-12(11)26-15(14)16(21)23/h2-5,10H,6-9H2,1H3,(H,24,25). The molecule has 0 spiro atoms. The molecule has 0 radical (unpaired) electrons. The number of benzene rings is 1. The lowest BCUT2D eigenvalue weighted by Crippen LogP contribution is -2.38. The van der Waals surface area contributed by atoms with Gasteiger partial charge in [0, 0.05) is 18.5 Å². The van der Waals surface area contributed by atoms with Crippen molar-refractivity contribution in [2.45, 2.75) is 19.9 Å². The fourth-order valence-corrected chi connectivity index (χ4v) is 3.32. The zero-order valence-corrected chi connectivity index (χ0v) is 14.1. The van der Waals surface area contributed by atoms with Crippen molar-refractivity contribution in [3.63, 3.8) is 0 Å². The summed E-state index contributed by atoms with van der Waals surface area (Å²) in [7, 11) is 0. The van der Waals surface area contributed by atoms with Gasteiger partial charge in [0.15, 0.2) is 0 Å². The van der Waals surface area contributed by atoms with Gasteiger partial charge in [-0.2, -0.15) is 0 Å². The maximum absolute atomic E-state index is 12.6. The first-order chi connectivity index (χ1) is 12.4. The molecule has 1 unspecified atom stereocenters. The van der Waals surface area contributed by atoms with Gasteiger partial charge in [0.25, 0.3) is 5.56 Å². The lowest BCUT2D eigenvalue weighted by molar-refractivity contribution is -0.147. The minimum Gasteiger partial charge on any atom is -0.481 e. The molecule has 3 aromatic rings. The molecule has 1 N–H and O–H groups in total. The van der Waals surface area contributed by atoms with E-state index in [9.17, 15) is 19.5 Å². The molecule has 1 atom stereocenters. The van der Waals surface area contributed by atoms with Crippen molar-refractivity contribution in [2.24, 2.45) is 5.41 Å². The van der Waals surface area contributed by atoms with Crippen LogP contribution >= 0.6 is 0 Å². The van der Waals surface area contributed by atoms with Gasteiger partial charge in [0.05, 0.1) is 11.7 Å². The third-order valence-electron chi connectivity index (χ3n) is 5.00. The highest BCUT2D eigenvalue weighted by Crippen LogP contribution is 2.30. The molecule has 3 heterocycles. The van der Waals surface area contributed by atoms with Crippen molar-refractivity contribution in [3.8, 4) is 0 Å². The van der Waals surface area contributed by atoms with Gasteiger partial charge in [0.1, 0.15) is 17.6 Å². The second-order valence-electron chi connectivity index (χ2n) is 6.88. The number of para-hydroxylation sites is 1. The zero-order chi connectivity index (χ0) is 18.5. The number of nitrogens with zero attached hydrogens (tertiary/aromatic N) is 3. The van der Waals surface area contributed by atoms with Crippen LogP contribution in [0.3, 0.4) is 0 Å². The van der Waals surface area contributed by atoms with Crippen LogP contribution in [0.5, 0.6) is 0 Å². The number of hydrogen-bond acceptors (Lipinski definition) is 5. The predicted molar refractivity (Wildman–Crippen MR) is 92.7 cm³/mol. The Morgan fingerprint density at radius 1 is 1.35 bits per heavy atom. The first-order valence-corrected chi connectivity index (χ1v) is 8.27. The Bertz CT molecular complexity index is 1100. The Balaban J connectivity index is 1.63. The molecule has 4 rings (SSSR count). The largest absolute Gasteiger partial charge is 0.481 e. The normalized spacial score (nSPS) is 20.1. The SMILES string of the molecule is CC1(C(=O)O)CCN(C(=O)Cn2cnc3c(oc4ccccc43)c2=O)C1. The predicted octanol–water partition coefficient (Wildman–Crippen LogP) is 1.47. The fourth-order valence-electron chi connectivity index (χ4n) is 3.32. The number of fused-ring (bicyclic) bond motifs is 3. The lowest BCUT2D eigenvalue weighted by Gasteiger charge is -2.20. The van der Waals surface area contributed by atoms with E-state index < -0.39 is 16.9 Å². The van der Waals surface area contributed by atoms with Crippen LogP contribution in [0.1, 0.15) is 13.3 Å². The maximum atomic E-state index is 12.6. The first-order valence-electron chi connectivity index (χ1n) is 8.27.